The summed E-state index contributed by atoms with van der Waals surface area (Å²) in [7, 11) is 1.93. The lowest BCUT2D eigenvalue weighted by Gasteiger charge is -2.43. The quantitative estimate of drug-likeness (QED) is 0.579. The van der Waals surface area contributed by atoms with Crippen molar-refractivity contribution in [1.82, 2.24) is 20.2 Å². The number of benzene rings is 1. The molecule has 0 radical (unpaired) electrons. The van der Waals surface area contributed by atoms with Crippen molar-refractivity contribution in [2.45, 2.75) is 38.5 Å². The molecule has 1 aromatic carbocycles. The molecule has 7 nitrogen and oxygen atoms in total. The van der Waals surface area contributed by atoms with Crippen LogP contribution in [0, 0.1) is 0 Å². The van der Waals surface area contributed by atoms with E-state index in [0.717, 1.165) is 28.4 Å². The fraction of sp³-hybridized carbons (Fsp3) is 0.455. The molecule has 1 saturated heterocycles. The molecule has 0 aliphatic carbocycles. The van der Waals surface area contributed by atoms with Crippen LogP contribution in [0.2, 0.25) is 5.02 Å². The number of carbonyl (C=O) groups excluding carboxylic acids is 1. The van der Waals surface area contributed by atoms with Crippen LogP contribution in [0.3, 0.4) is 0 Å². The minimum Gasteiger partial charge on any atom is -0.372 e. The number of amides is 1. The van der Waals surface area contributed by atoms with Gasteiger partial charge in [0.1, 0.15) is 6.04 Å². The maximum atomic E-state index is 13.3. The second-order valence-electron chi connectivity index (χ2n) is 8.62. The summed E-state index contributed by atoms with van der Waals surface area (Å²) in [5.74, 6) is -0.103. The predicted octanol–water partition coefficient (Wildman–Crippen LogP) is 3.40. The third kappa shape index (κ3) is 4.16. The van der Waals surface area contributed by atoms with E-state index in [1.54, 1.807) is 18.5 Å². The van der Waals surface area contributed by atoms with Gasteiger partial charge in [-0.3, -0.25) is 14.7 Å². The van der Waals surface area contributed by atoms with Gasteiger partial charge in [-0.2, -0.15) is 0 Å². The van der Waals surface area contributed by atoms with Gasteiger partial charge in [-0.25, -0.2) is 0 Å². The Morgan fingerprint density at radius 3 is 3.00 bits per heavy atom. The van der Waals surface area contributed by atoms with E-state index >= 15 is 0 Å². The SMILES string of the molecule is CN[C@@H](C)CN1CC(C)(C)OC[C@H]1C(=O)Nc1cc(Cl)cc2c1[nH]c1cnccc12. The summed E-state index contributed by atoms with van der Waals surface area (Å²) in [5, 5.41) is 8.88. The molecule has 4 rings (SSSR count). The highest BCUT2D eigenvalue weighted by Gasteiger charge is 2.38. The van der Waals surface area contributed by atoms with Gasteiger partial charge in [-0.15, -0.1) is 0 Å². The zero-order valence-electron chi connectivity index (χ0n) is 17.8. The minimum absolute atomic E-state index is 0.103. The van der Waals surface area contributed by atoms with Crippen molar-refractivity contribution in [2.75, 3.05) is 32.1 Å². The first-order valence-electron chi connectivity index (χ1n) is 10.2. The fourth-order valence-electron chi connectivity index (χ4n) is 4.06. The zero-order chi connectivity index (χ0) is 21.5. The summed E-state index contributed by atoms with van der Waals surface area (Å²) >= 11 is 6.38. The largest absolute Gasteiger partial charge is 0.372 e. The molecule has 3 N–H and O–H groups in total. The van der Waals surface area contributed by atoms with Crippen LogP contribution in [-0.2, 0) is 9.53 Å². The molecule has 1 amide bonds. The lowest BCUT2D eigenvalue weighted by molar-refractivity contribution is -0.143. The molecule has 3 heterocycles. The molecule has 1 fully saturated rings. The van der Waals surface area contributed by atoms with Gasteiger partial charge in [0.2, 0.25) is 5.91 Å². The van der Waals surface area contributed by atoms with Crippen LogP contribution in [0.25, 0.3) is 21.8 Å². The van der Waals surface area contributed by atoms with Crippen molar-refractivity contribution in [3.63, 3.8) is 0 Å². The van der Waals surface area contributed by atoms with Gasteiger partial charge in [-0.05, 0) is 46.0 Å². The van der Waals surface area contributed by atoms with Gasteiger partial charge in [0.05, 0.1) is 35.1 Å². The number of halogens is 1. The van der Waals surface area contributed by atoms with E-state index in [4.69, 9.17) is 16.3 Å². The number of rotatable bonds is 5. The molecule has 0 saturated carbocycles. The Hall–Kier alpha value is -2.19. The molecule has 30 heavy (non-hydrogen) atoms. The number of aromatic amines is 1. The van der Waals surface area contributed by atoms with Crippen LogP contribution >= 0.6 is 11.6 Å². The van der Waals surface area contributed by atoms with Crippen LogP contribution in [0.5, 0.6) is 0 Å². The highest BCUT2D eigenvalue weighted by molar-refractivity contribution is 6.33. The number of nitrogens with zero attached hydrogens (tertiary/aromatic N) is 2. The third-order valence-electron chi connectivity index (χ3n) is 5.69. The first-order chi connectivity index (χ1) is 14.3. The average molecular weight is 430 g/mol. The Morgan fingerprint density at radius 2 is 2.23 bits per heavy atom. The molecule has 0 unspecified atom stereocenters. The fourth-order valence-corrected chi connectivity index (χ4v) is 4.28. The van der Waals surface area contributed by atoms with Gasteiger partial charge in [0.25, 0.3) is 0 Å². The van der Waals surface area contributed by atoms with Crippen LogP contribution in [-0.4, -0.2) is 65.2 Å². The van der Waals surface area contributed by atoms with Crippen LogP contribution in [0.1, 0.15) is 20.8 Å². The Bertz CT molecular complexity index is 1080. The smallest absolute Gasteiger partial charge is 0.244 e. The molecule has 0 bridgehead atoms. The van der Waals surface area contributed by atoms with Crippen LogP contribution in [0.4, 0.5) is 5.69 Å². The number of anilines is 1. The van der Waals surface area contributed by atoms with Gasteiger partial charge in [-0.1, -0.05) is 11.6 Å². The molecule has 3 aromatic rings. The van der Waals surface area contributed by atoms with E-state index in [-0.39, 0.29) is 23.6 Å². The number of ether oxygens (including phenoxy) is 1. The molecule has 1 aliphatic heterocycles. The van der Waals surface area contributed by atoms with Crippen molar-refractivity contribution in [3.05, 3.63) is 35.6 Å². The number of pyridine rings is 1. The molecule has 0 spiro atoms. The summed E-state index contributed by atoms with van der Waals surface area (Å²) in [6.07, 6.45) is 3.52. The van der Waals surface area contributed by atoms with Crippen molar-refractivity contribution >= 4 is 45.0 Å². The topological polar surface area (TPSA) is 82.3 Å². The second kappa shape index (κ2) is 8.15. The number of fused-ring (bicyclic) bond motifs is 3. The van der Waals surface area contributed by atoms with Gasteiger partial charge >= 0.3 is 0 Å². The number of hydrogen-bond acceptors (Lipinski definition) is 5. The van der Waals surface area contributed by atoms with Gasteiger partial charge in [0.15, 0.2) is 0 Å². The van der Waals surface area contributed by atoms with E-state index in [9.17, 15) is 4.79 Å². The standard InChI is InChI=1S/C22H28ClN5O2/c1-13(24-4)10-28-12-22(2,3)30-11-19(28)21(29)27-17-8-14(23)7-16-15-5-6-25-9-18(15)26-20(16)17/h5-9,13,19,24,26H,10-12H2,1-4H3,(H,27,29)/t13-,19-/m0/s1. The summed E-state index contributed by atoms with van der Waals surface area (Å²) in [4.78, 5) is 23.0. The molecular weight excluding hydrogens is 402 g/mol. The Balaban J connectivity index is 1.64. The summed E-state index contributed by atoms with van der Waals surface area (Å²) in [6.45, 7) is 7.99. The number of aromatic nitrogens is 2. The Labute approximate surface area is 181 Å². The number of H-pyrrole nitrogens is 1. The summed E-state index contributed by atoms with van der Waals surface area (Å²) in [6, 6.07) is 5.49. The minimum atomic E-state index is -0.381. The van der Waals surface area contributed by atoms with E-state index in [1.807, 2.05) is 19.2 Å². The van der Waals surface area contributed by atoms with E-state index in [2.05, 4.69) is 46.3 Å². The number of hydrogen-bond donors (Lipinski definition) is 3. The van der Waals surface area contributed by atoms with Crippen LogP contribution < -0.4 is 10.6 Å². The van der Waals surface area contributed by atoms with Crippen molar-refractivity contribution in [3.8, 4) is 0 Å². The highest BCUT2D eigenvalue weighted by atomic mass is 35.5. The van der Waals surface area contributed by atoms with E-state index in [1.165, 1.54) is 0 Å². The lowest BCUT2D eigenvalue weighted by Crippen LogP contribution is -2.60. The number of likely N-dealkylation sites (N-methyl/N-ethyl adjacent to an activating group) is 1. The van der Waals surface area contributed by atoms with E-state index in [0.29, 0.717) is 23.9 Å². The first kappa shape index (κ1) is 21.1. The molecule has 2 atom stereocenters. The molecule has 160 valence electrons. The molecule has 2 aromatic heterocycles. The predicted molar refractivity (Wildman–Crippen MR) is 121 cm³/mol. The number of nitrogens with one attached hydrogen (secondary N) is 3. The number of carbonyl (C=O) groups is 1. The maximum Gasteiger partial charge on any atom is 0.244 e. The third-order valence-corrected chi connectivity index (χ3v) is 5.91. The second-order valence-corrected chi connectivity index (χ2v) is 9.05. The first-order valence-corrected chi connectivity index (χ1v) is 10.6. The molecular formula is C22H28ClN5O2. The zero-order valence-corrected chi connectivity index (χ0v) is 18.5. The lowest BCUT2D eigenvalue weighted by atomic mass is 10.0. The van der Waals surface area contributed by atoms with Crippen molar-refractivity contribution < 1.29 is 9.53 Å². The normalized spacial score (nSPS) is 20.5. The number of morpholine rings is 1. The summed E-state index contributed by atoms with van der Waals surface area (Å²) < 4.78 is 5.98. The summed E-state index contributed by atoms with van der Waals surface area (Å²) in [5.41, 5.74) is 2.10. The Kier molecular flexibility index (Phi) is 5.72. The van der Waals surface area contributed by atoms with Crippen LogP contribution in [0.15, 0.2) is 30.6 Å². The molecule has 1 aliphatic rings. The van der Waals surface area contributed by atoms with Crippen molar-refractivity contribution in [1.29, 1.82) is 0 Å². The monoisotopic (exact) mass is 429 g/mol. The highest BCUT2D eigenvalue weighted by Crippen LogP contribution is 2.33. The van der Waals surface area contributed by atoms with Crippen molar-refractivity contribution in [2.24, 2.45) is 0 Å². The van der Waals surface area contributed by atoms with Gasteiger partial charge < -0.3 is 20.4 Å². The Morgan fingerprint density at radius 1 is 1.43 bits per heavy atom. The van der Waals surface area contributed by atoms with Gasteiger partial charge in [0, 0.05) is 41.1 Å². The maximum absolute atomic E-state index is 13.3. The van der Waals surface area contributed by atoms with E-state index < -0.39 is 0 Å². The molecule has 8 heteroatoms. The average Bonchev–Trinajstić information content (AvgIpc) is 3.06.